The Balaban J connectivity index is 1.17. The quantitative estimate of drug-likeness (QED) is 0.0828. The molecule has 0 unspecified atom stereocenters. The van der Waals surface area contributed by atoms with E-state index < -0.39 is 107 Å². The molecule has 19 atom stereocenters. The van der Waals surface area contributed by atoms with Gasteiger partial charge in [-0.15, -0.1) is 0 Å². The van der Waals surface area contributed by atoms with Gasteiger partial charge in [0, 0.05) is 5.92 Å². The summed E-state index contributed by atoms with van der Waals surface area (Å²) in [6.07, 6.45) is -7.96. The molecule has 0 radical (unpaired) electrons. The first-order valence-electron chi connectivity index (χ1n) is 24.7. The molecule has 7 rings (SSSR count). The average Bonchev–Trinajstić information content (AvgIpc) is 3.25. The first kappa shape index (κ1) is 51.3. The van der Waals surface area contributed by atoms with E-state index in [1.165, 1.54) is 0 Å². The maximum Gasteiger partial charge on any atom is 0.338 e. The number of ether oxygens (including phenoxy) is 6. The van der Waals surface area contributed by atoms with Crippen LogP contribution in [0, 0.1) is 50.2 Å². The second kappa shape index (κ2) is 18.7. The van der Waals surface area contributed by atoms with Crippen LogP contribution in [0.15, 0.2) is 11.6 Å². The lowest BCUT2D eigenvalue weighted by Crippen LogP contribution is -2.68. The fourth-order valence-electron chi connectivity index (χ4n) is 14.1. The molecule has 6 fully saturated rings. The van der Waals surface area contributed by atoms with Crippen LogP contribution in [0.1, 0.15) is 146 Å². The molecular formula is C50H78O16. The van der Waals surface area contributed by atoms with Crippen LogP contribution in [0.4, 0.5) is 0 Å². The lowest BCUT2D eigenvalue weighted by Gasteiger charge is -2.70. The molecule has 0 amide bonds. The summed E-state index contributed by atoms with van der Waals surface area (Å²) < 4.78 is 35.5. The standard InChI is InChI=1S/C50H78O16/c1-10-12-22-61-40(57)36-32(53)31(52)35(56)42(64-36)66-38-34(55)33(54)37(41(58)62-23-13-11-2)65-43(38)63-30-15-16-48(7)29(45(30,3)4)14-17-50(9)39(48)28(51)24-26-27-25-47(6,44(59)60)19-18-46(27,5)20-21-49(26,50)8/h24,27,29-39,42-43,52-56H,10-23,25H2,1-9H3,(H,59,60)/t27-,29-,30-,31+,32+,33+,34+,35-,36+,37+,38-,39-,42+,43-,46-,47+,48-,49-,50-/m1/s1. The fraction of sp³-hybridized carbons (Fsp3) is 0.880. The molecule has 0 aromatic heterocycles. The maximum absolute atomic E-state index is 15.0. The van der Waals surface area contributed by atoms with Gasteiger partial charge < -0.3 is 59.1 Å². The van der Waals surface area contributed by atoms with E-state index in [1.807, 2.05) is 26.8 Å². The van der Waals surface area contributed by atoms with E-state index in [0.717, 1.165) is 50.5 Å². The minimum absolute atomic E-state index is 0.00910. The Morgan fingerprint density at radius 1 is 0.697 bits per heavy atom. The number of aliphatic hydroxyl groups is 5. The number of carbonyl (C=O) groups excluding carboxylic acids is 3. The topological polar surface area (TPSA) is 245 Å². The second-order valence-electron chi connectivity index (χ2n) is 23.0. The summed E-state index contributed by atoms with van der Waals surface area (Å²) >= 11 is 0. The number of fused-ring (bicyclic) bond motifs is 7. The molecular weight excluding hydrogens is 857 g/mol. The van der Waals surface area contributed by atoms with Gasteiger partial charge in [-0.2, -0.15) is 0 Å². The van der Waals surface area contributed by atoms with Crippen molar-refractivity contribution < 1.29 is 78.2 Å². The Labute approximate surface area is 389 Å². The molecule has 5 aliphatic carbocycles. The molecule has 6 N–H and O–H groups in total. The Kier molecular flexibility index (Phi) is 14.5. The van der Waals surface area contributed by atoms with E-state index in [9.17, 15) is 45.0 Å². The molecule has 2 heterocycles. The highest BCUT2D eigenvalue weighted by Crippen LogP contribution is 2.75. The van der Waals surface area contributed by atoms with E-state index in [0.29, 0.717) is 38.5 Å². The second-order valence-corrected chi connectivity index (χ2v) is 23.0. The van der Waals surface area contributed by atoms with Gasteiger partial charge in [0.25, 0.3) is 0 Å². The number of unbranched alkanes of at least 4 members (excludes halogenated alkanes) is 2. The van der Waals surface area contributed by atoms with Crippen molar-refractivity contribution in [1.29, 1.82) is 0 Å². The van der Waals surface area contributed by atoms with Crippen LogP contribution in [-0.2, 0) is 47.6 Å². The average molecular weight is 935 g/mol. The number of aliphatic carboxylic acids is 1. The number of carboxylic acid groups (broad SMARTS) is 1. The molecule has 7 aliphatic rings. The number of hydrogen-bond acceptors (Lipinski definition) is 15. The number of carbonyl (C=O) groups is 4. The molecule has 16 heteroatoms. The summed E-state index contributed by atoms with van der Waals surface area (Å²) in [5.74, 6) is -3.01. The zero-order valence-corrected chi connectivity index (χ0v) is 40.5. The normalized spacial score (nSPS) is 47.5. The molecule has 0 aromatic carbocycles. The number of ketones is 1. The van der Waals surface area contributed by atoms with Gasteiger partial charge in [0.05, 0.1) is 24.7 Å². The minimum Gasteiger partial charge on any atom is -0.481 e. The Morgan fingerprint density at radius 3 is 1.86 bits per heavy atom. The van der Waals surface area contributed by atoms with Gasteiger partial charge in [0.15, 0.2) is 30.6 Å². The number of carboxylic acids is 1. The molecule has 16 nitrogen and oxygen atoms in total. The molecule has 2 saturated heterocycles. The van der Waals surface area contributed by atoms with Crippen molar-refractivity contribution in [3.05, 3.63) is 11.6 Å². The zero-order valence-electron chi connectivity index (χ0n) is 40.5. The Morgan fingerprint density at radius 2 is 1.27 bits per heavy atom. The minimum atomic E-state index is -1.94. The van der Waals surface area contributed by atoms with Gasteiger partial charge in [-0.3, -0.25) is 9.59 Å². The van der Waals surface area contributed by atoms with E-state index in [-0.39, 0.29) is 47.6 Å². The summed E-state index contributed by atoms with van der Waals surface area (Å²) in [5.41, 5.74) is -1.67. The summed E-state index contributed by atoms with van der Waals surface area (Å²) in [6.45, 7) is 19.0. The highest BCUT2D eigenvalue weighted by atomic mass is 16.8. The SMILES string of the molecule is CCCCOC(=O)[C@H]1O[C@@H](O[C@H]2[C@H](O[C@@H]3CC[C@]4(C)[C@H](CC[C@]5(C)[C@@H]4C(=O)C=C4[C@H]6C[C@@](C)(C(=O)O)CC[C@]6(C)CC[C@]45C)C3(C)C)O[C@H](C(=O)OCCCC)[C@@H](O)[C@@H]2O)[C@H](O)[C@@H](O)[C@@H]1O. The van der Waals surface area contributed by atoms with Gasteiger partial charge in [0.1, 0.15) is 36.6 Å². The van der Waals surface area contributed by atoms with Crippen LogP contribution in [0.5, 0.6) is 0 Å². The predicted molar refractivity (Wildman–Crippen MR) is 236 cm³/mol. The smallest absolute Gasteiger partial charge is 0.338 e. The summed E-state index contributed by atoms with van der Waals surface area (Å²) in [4.78, 5) is 54.0. The highest BCUT2D eigenvalue weighted by Gasteiger charge is 2.71. The Hall–Kier alpha value is -2.54. The predicted octanol–water partition coefficient (Wildman–Crippen LogP) is 4.76. The van der Waals surface area contributed by atoms with Gasteiger partial charge >= 0.3 is 17.9 Å². The van der Waals surface area contributed by atoms with Gasteiger partial charge in [-0.25, -0.2) is 9.59 Å². The third kappa shape index (κ3) is 8.41. The van der Waals surface area contributed by atoms with Crippen molar-refractivity contribution in [3.63, 3.8) is 0 Å². The van der Waals surface area contributed by atoms with Crippen molar-refractivity contribution in [1.82, 2.24) is 0 Å². The van der Waals surface area contributed by atoms with Gasteiger partial charge in [-0.1, -0.05) is 73.8 Å². The van der Waals surface area contributed by atoms with Crippen molar-refractivity contribution >= 4 is 23.7 Å². The van der Waals surface area contributed by atoms with E-state index in [4.69, 9.17) is 28.4 Å². The third-order valence-corrected chi connectivity index (χ3v) is 18.7. The maximum atomic E-state index is 15.0. The van der Waals surface area contributed by atoms with Gasteiger partial charge in [-0.05, 0) is 123 Å². The van der Waals surface area contributed by atoms with Crippen molar-refractivity contribution in [3.8, 4) is 0 Å². The fourth-order valence-corrected chi connectivity index (χ4v) is 14.1. The molecule has 0 aromatic rings. The Bertz CT molecular complexity index is 1870. The van der Waals surface area contributed by atoms with Crippen LogP contribution in [0.3, 0.4) is 0 Å². The van der Waals surface area contributed by atoms with Crippen LogP contribution in [0.2, 0.25) is 0 Å². The number of hydrogen-bond donors (Lipinski definition) is 6. The lowest BCUT2D eigenvalue weighted by molar-refractivity contribution is -0.371. The summed E-state index contributed by atoms with van der Waals surface area (Å²) in [6, 6.07) is 0. The molecule has 0 bridgehead atoms. The van der Waals surface area contributed by atoms with Crippen LogP contribution in [-0.4, -0.2) is 135 Å². The number of rotatable bonds is 13. The highest BCUT2D eigenvalue weighted by molar-refractivity contribution is 5.95. The summed E-state index contributed by atoms with van der Waals surface area (Å²) in [7, 11) is 0. The molecule has 4 saturated carbocycles. The van der Waals surface area contributed by atoms with Crippen LogP contribution in [0.25, 0.3) is 0 Å². The number of esters is 2. The molecule has 66 heavy (non-hydrogen) atoms. The monoisotopic (exact) mass is 935 g/mol. The van der Waals surface area contributed by atoms with Crippen LogP contribution < -0.4 is 0 Å². The number of aliphatic hydroxyl groups excluding tert-OH is 5. The zero-order chi connectivity index (χ0) is 48.5. The first-order valence-corrected chi connectivity index (χ1v) is 24.7. The van der Waals surface area contributed by atoms with Crippen molar-refractivity contribution in [2.45, 2.75) is 213 Å². The van der Waals surface area contributed by atoms with E-state index >= 15 is 4.79 Å². The summed E-state index contributed by atoms with van der Waals surface area (Å²) in [5, 5.41) is 66.1. The lowest BCUT2D eigenvalue weighted by atomic mass is 9.33. The van der Waals surface area contributed by atoms with Crippen molar-refractivity contribution in [2.24, 2.45) is 50.2 Å². The van der Waals surface area contributed by atoms with E-state index in [2.05, 4.69) is 41.5 Å². The van der Waals surface area contributed by atoms with Crippen molar-refractivity contribution in [2.75, 3.05) is 13.2 Å². The van der Waals surface area contributed by atoms with Gasteiger partial charge in [0.2, 0.25) is 0 Å². The molecule has 374 valence electrons. The molecule has 2 aliphatic heterocycles. The van der Waals surface area contributed by atoms with Crippen LogP contribution >= 0.6 is 0 Å². The largest absolute Gasteiger partial charge is 0.481 e. The number of allylic oxidation sites excluding steroid dienone is 2. The molecule has 0 spiro atoms. The third-order valence-electron chi connectivity index (χ3n) is 18.7. The first-order chi connectivity index (χ1) is 30.8. The van der Waals surface area contributed by atoms with E-state index in [1.54, 1.807) is 0 Å².